The van der Waals surface area contributed by atoms with Crippen molar-refractivity contribution in [1.29, 1.82) is 0 Å². The van der Waals surface area contributed by atoms with E-state index >= 15 is 0 Å². The molecule has 0 radical (unpaired) electrons. The second-order valence-corrected chi connectivity index (χ2v) is 2.55. The molecule has 0 rings (SSSR count). The molecule has 6 N–H and O–H groups in total. The minimum atomic E-state index is -4.14. The molecule has 0 aromatic heterocycles. The van der Waals surface area contributed by atoms with Crippen LogP contribution in [0.5, 0.6) is 0 Å². The molecule has 6 nitrogen and oxygen atoms in total. The van der Waals surface area contributed by atoms with E-state index in [0.29, 0.717) is 13.2 Å². The highest BCUT2D eigenvalue weighted by molar-refractivity contribution is 7.49. The zero-order valence-corrected chi connectivity index (χ0v) is 6.62. The number of hydrogen-bond acceptors (Lipinski definition) is 3. The zero-order valence-electron chi connectivity index (χ0n) is 5.73. The Kier molecular flexibility index (Phi) is 9.06. The van der Waals surface area contributed by atoms with Crippen LogP contribution in [0.2, 0.25) is 0 Å². The fourth-order valence-electron chi connectivity index (χ4n) is 0.118. The summed E-state index contributed by atoms with van der Waals surface area (Å²) in [7, 11) is -2.51. The first-order valence-electron chi connectivity index (χ1n) is 2.45. The number of ether oxygens (including phenoxy) is 1. The largest absolute Gasteiger partial charge is 0.397 e. The lowest BCUT2D eigenvalue weighted by atomic mass is 10.7. The third-order valence-electron chi connectivity index (χ3n) is 0.322. The van der Waals surface area contributed by atoms with E-state index in [-0.39, 0.29) is 0 Å². The Labute approximate surface area is 59.4 Å². The maximum Gasteiger partial charge on any atom is 0.397 e. The molecule has 0 heterocycles. The van der Waals surface area contributed by atoms with Gasteiger partial charge in [-0.3, -0.25) is 0 Å². The molecular weight excluding hydrogens is 159 g/mol. The molecule has 64 valence electrons. The first kappa shape index (κ1) is 12.7. The van der Waals surface area contributed by atoms with Crippen LogP contribution in [0.1, 0.15) is 0 Å². The summed E-state index contributed by atoms with van der Waals surface area (Å²) >= 11 is 0. The molecule has 0 spiro atoms. The van der Waals surface area contributed by atoms with Crippen LogP contribution < -0.4 is 11.2 Å². The molecule has 0 amide bonds. The fourth-order valence-corrected chi connectivity index (χ4v) is 0.118. The lowest BCUT2D eigenvalue weighted by Crippen LogP contribution is -2.05. The topological polar surface area (TPSA) is 119 Å². The Morgan fingerprint density at radius 3 is 1.90 bits per heavy atom. The molecule has 0 aromatic carbocycles. The summed E-state index contributed by atoms with van der Waals surface area (Å²) in [6.45, 7) is 1.29. The van der Waals surface area contributed by atoms with Crippen molar-refractivity contribution in [2.24, 2.45) is 11.2 Å². The molecule has 0 unspecified atom stereocenters. The maximum absolute atomic E-state index is 9.10. The smallest absolute Gasteiger partial charge is 0.383 e. The molecule has 0 atom stereocenters. The van der Waals surface area contributed by atoms with Crippen LogP contribution in [0, 0.1) is 0 Å². The van der Waals surface area contributed by atoms with Gasteiger partial charge in [-0.1, -0.05) is 0 Å². The minimum Gasteiger partial charge on any atom is -0.383 e. The van der Waals surface area contributed by atoms with Crippen LogP contribution in [-0.4, -0.2) is 30.0 Å². The summed E-state index contributed by atoms with van der Waals surface area (Å²) in [4.78, 5) is 14.8. The molecule has 0 aliphatic rings. The van der Waals surface area contributed by atoms with Crippen LogP contribution in [-0.2, 0) is 9.30 Å². The van der Waals surface area contributed by atoms with Crippen molar-refractivity contribution in [3.63, 3.8) is 0 Å². The molecule has 10 heavy (non-hydrogen) atoms. The average molecular weight is 172 g/mol. The van der Waals surface area contributed by atoms with Crippen LogP contribution >= 0.6 is 7.75 Å². The van der Waals surface area contributed by atoms with Gasteiger partial charge in [0.2, 0.25) is 0 Å². The van der Waals surface area contributed by atoms with Gasteiger partial charge in [0.1, 0.15) is 0 Å². The molecule has 0 aliphatic carbocycles. The third-order valence-corrected chi connectivity index (χ3v) is 0.322. The van der Waals surface area contributed by atoms with Crippen molar-refractivity contribution in [3.8, 4) is 0 Å². The van der Waals surface area contributed by atoms with Gasteiger partial charge in [0.05, 0.1) is 6.61 Å². The Balaban J connectivity index is 0. The molecule has 0 aromatic rings. The molecule has 7 heteroatoms. The van der Waals surface area contributed by atoms with E-state index in [1.807, 2.05) is 0 Å². The lowest BCUT2D eigenvalue weighted by Gasteiger charge is -1.85. The third kappa shape index (κ3) is 96.3. The highest BCUT2D eigenvalue weighted by atomic mass is 31.2. The quantitative estimate of drug-likeness (QED) is 0.381. The Bertz CT molecular complexity index is 92.4. The van der Waals surface area contributed by atoms with Gasteiger partial charge in [-0.15, -0.1) is 0 Å². The zero-order chi connectivity index (χ0) is 8.62. The first-order valence-corrected chi connectivity index (χ1v) is 4.13. The van der Waals surface area contributed by atoms with Crippen molar-refractivity contribution >= 4 is 7.75 Å². The summed E-state index contributed by atoms with van der Waals surface area (Å²) in [5.74, 6) is 0. The summed E-state index contributed by atoms with van der Waals surface area (Å²) in [6.07, 6.45) is 0. The van der Waals surface area contributed by atoms with Crippen molar-refractivity contribution in [3.05, 3.63) is 0 Å². The molecule has 0 saturated heterocycles. The van der Waals surface area contributed by atoms with Gasteiger partial charge in [-0.25, -0.2) is 10.1 Å². The Morgan fingerprint density at radius 2 is 1.90 bits per heavy atom. The average Bonchev–Trinajstić information content (AvgIpc) is 1.63. The highest BCUT2D eigenvalue weighted by Gasteiger charge is 1.96. The molecule has 0 fully saturated rings. The molecule has 0 aliphatic heterocycles. The molecular formula is C3H13N2O4P. The first-order chi connectivity index (χ1) is 4.41. The van der Waals surface area contributed by atoms with Crippen LogP contribution in [0.4, 0.5) is 0 Å². The van der Waals surface area contributed by atoms with Gasteiger partial charge >= 0.3 is 7.75 Å². The monoisotopic (exact) mass is 172 g/mol. The normalized spacial score (nSPS) is 10.1. The highest BCUT2D eigenvalue weighted by Crippen LogP contribution is 2.20. The van der Waals surface area contributed by atoms with Gasteiger partial charge < -0.3 is 20.3 Å². The Morgan fingerprint density at radius 1 is 1.60 bits per heavy atom. The van der Waals surface area contributed by atoms with E-state index in [1.165, 1.54) is 0 Å². The summed E-state index contributed by atoms with van der Waals surface area (Å²) in [6, 6.07) is 0. The van der Waals surface area contributed by atoms with Gasteiger partial charge in [0.25, 0.3) is 0 Å². The minimum absolute atomic E-state index is 0.622. The van der Waals surface area contributed by atoms with E-state index in [2.05, 4.69) is 10.2 Å². The van der Waals surface area contributed by atoms with Crippen molar-refractivity contribution in [2.75, 3.05) is 20.3 Å². The van der Waals surface area contributed by atoms with E-state index in [1.54, 1.807) is 7.11 Å². The summed E-state index contributed by atoms with van der Waals surface area (Å²) in [5, 5.41) is 0. The van der Waals surface area contributed by atoms with Gasteiger partial charge in [-0.2, -0.15) is 0 Å². The van der Waals surface area contributed by atoms with Gasteiger partial charge in [0.15, 0.2) is 0 Å². The van der Waals surface area contributed by atoms with Crippen molar-refractivity contribution in [2.45, 2.75) is 0 Å². The maximum atomic E-state index is 9.10. The van der Waals surface area contributed by atoms with Crippen LogP contribution in [0.3, 0.4) is 0 Å². The van der Waals surface area contributed by atoms with E-state index < -0.39 is 7.75 Å². The summed E-state index contributed by atoms with van der Waals surface area (Å²) in [5.41, 5.74) is 9.03. The van der Waals surface area contributed by atoms with Gasteiger partial charge in [-0.05, 0) is 0 Å². The number of rotatable bonds is 2. The number of methoxy groups -OCH3 is 1. The van der Waals surface area contributed by atoms with E-state index in [9.17, 15) is 0 Å². The van der Waals surface area contributed by atoms with Crippen LogP contribution in [0.15, 0.2) is 0 Å². The number of nitrogens with two attached hydrogens (primary N) is 2. The molecule has 0 saturated carbocycles. The number of hydrogen-bond donors (Lipinski definition) is 4. The standard InChI is InChI=1S/C3H9NO.H4NO3P/c1-5-3-2-4;1-5(2,3)4/h2-4H2,1H3;(H4,1,2,3,4). The Hall–Kier alpha value is 0.0300. The second-order valence-electron chi connectivity index (χ2n) is 1.37. The fraction of sp³-hybridized carbons (Fsp3) is 1.00. The lowest BCUT2D eigenvalue weighted by molar-refractivity contribution is 0.207. The van der Waals surface area contributed by atoms with Gasteiger partial charge in [0, 0.05) is 13.7 Å². The summed E-state index contributed by atoms with van der Waals surface area (Å²) < 4.78 is 13.7. The van der Waals surface area contributed by atoms with E-state index in [0.717, 1.165) is 0 Å². The van der Waals surface area contributed by atoms with Crippen molar-refractivity contribution < 1.29 is 19.1 Å². The molecule has 0 bridgehead atoms. The van der Waals surface area contributed by atoms with E-state index in [4.69, 9.17) is 20.1 Å². The second kappa shape index (κ2) is 7.14. The SMILES string of the molecule is COCCN.NP(=O)(O)O. The van der Waals surface area contributed by atoms with Crippen molar-refractivity contribution in [1.82, 2.24) is 0 Å². The predicted molar refractivity (Wildman–Crippen MR) is 37.2 cm³/mol. The predicted octanol–water partition coefficient (Wildman–Crippen LogP) is -1.37. The van der Waals surface area contributed by atoms with Crippen LogP contribution in [0.25, 0.3) is 0 Å².